The Labute approximate surface area is 158 Å². The van der Waals surface area contributed by atoms with Gasteiger partial charge in [0, 0.05) is 25.0 Å². The average molecular weight is 364 g/mol. The number of carbonyl (C=O) groups excluding carboxylic acids is 1. The molecule has 1 aliphatic rings. The highest BCUT2D eigenvalue weighted by atomic mass is 16.5. The van der Waals surface area contributed by atoms with Gasteiger partial charge in [0.1, 0.15) is 18.1 Å². The molecule has 2 heterocycles. The molecule has 140 valence electrons. The van der Waals surface area contributed by atoms with E-state index in [1.165, 1.54) is 0 Å². The Hall–Kier alpha value is -2.86. The van der Waals surface area contributed by atoms with Crippen LogP contribution >= 0.6 is 0 Å². The van der Waals surface area contributed by atoms with Crippen LogP contribution < -0.4 is 10.1 Å². The SMILES string of the molecule is CN1CCC(NC(=O)c2c3cc(OCc4ccccc4)ccc3nn2C)C1. The second kappa shape index (κ2) is 7.40. The topological polar surface area (TPSA) is 59.4 Å². The van der Waals surface area contributed by atoms with E-state index in [4.69, 9.17) is 4.74 Å². The van der Waals surface area contributed by atoms with Crippen molar-refractivity contribution >= 4 is 16.8 Å². The van der Waals surface area contributed by atoms with Crippen LogP contribution in [-0.4, -0.2) is 46.8 Å². The highest BCUT2D eigenvalue weighted by Gasteiger charge is 2.24. The Bertz CT molecular complexity index is 951. The Kier molecular flexibility index (Phi) is 4.81. The summed E-state index contributed by atoms with van der Waals surface area (Å²) in [6.45, 7) is 2.38. The summed E-state index contributed by atoms with van der Waals surface area (Å²) >= 11 is 0. The number of fused-ring (bicyclic) bond motifs is 1. The molecule has 1 saturated heterocycles. The fourth-order valence-corrected chi connectivity index (χ4v) is 3.58. The average Bonchev–Trinajstić information content (AvgIpc) is 3.22. The van der Waals surface area contributed by atoms with Crippen molar-refractivity contribution in [1.82, 2.24) is 20.0 Å². The van der Waals surface area contributed by atoms with Crippen LogP contribution in [0.5, 0.6) is 5.75 Å². The highest BCUT2D eigenvalue weighted by Crippen LogP contribution is 2.24. The minimum Gasteiger partial charge on any atom is -0.489 e. The smallest absolute Gasteiger partial charge is 0.270 e. The van der Waals surface area contributed by atoms with Crippen LogP contribution in [0.3, 0.4) is 0 Å². The number of nitrogens with zero attached hydrogens (tertiary/aromatic N) is 3. The summed E-state index contributed by atoms with van der Waals surface area (Å²) in [5.41, 5.74) is 2.47. The molecule has 2 aromatic carbocycles. The van der Waals surface area contributed by atoms with Crippen molar-refractivity contribution in [1.29, 1.82) is 0 Å². The van der Waals surface area contributed by atoms with E-state index in [1.807, 2.05) is 48.5 Å². The van der Waals surface area contributed by atoms with Crippen molar-refractivity contribution in [3.63, 3.8) is 0 Å². The third-order valence-corrected chi connectivity index (χ3v) is 4.99. The van der Waals surface area contributed by atoms with Crippen molar-refractivity contribution < 1.29 is 9.53 Å². The standard InChI is InChI=1S/C21H24N4O2/c1-24-11-10-16(13-24)22-21(26)20-18-12-17(8-9-19(18)23-25(20)2)27-14-15-6-4-3-5-7-15/h3-9,12,16H,10-11,13-14H2,1-2H3,(H,22,26). The van der Waals surface area contributed by atoms with Gasteiger partial charge in [-0.3, -0.25) is 9.48 Å². The molecule has 0 bridgehead atoms. The molecule has 1 atom stereocenters. The number of benzene rings is 2. The van der Waals surface area contributed by atoms with Gasteiger partial charge in [0.2, 0.25) is 0 Å². The van der Waals surface area contributed by atoms with E-state index >= 15 is 0 Å². The quantitative estimate of drug-likeness (QED) is 0.756. The third-order valence-electron chi connectivity index (χ3n) is 4.99. The summed E-state index contributed by atoms with van der Waals surface area (Å²) < 4.78 is 7.57. The van der Waals surface area contributed by atoms with Gasteiger partial charge in [-0.15, -0.1) is 0 Å². The summed E-state index contributed by atoms with van der Waals surface area (Å²) in [6, 6.07) is 15.9. The first-order valence-corrected chi connectivity index (χ1v) is 9.23. The van der Waals surface area contributed by atoms with Crippen molar-refractivity contribution in [3.8, 4) is 5.75 Å². The molecule has 1 aromatic heterocycles. The van der Waals surface area contributed by atoms with Gasteiger partial charge in [-0.05, 0) is 43.8 Å². The van der Waals surface area contributed by atoms with Gasteiger partial charge in [0.25, 0.3) is 5.91 Å². The van der Waals surface area contributed by atoms with Crippen LogP contribution in [0, 0.1) is 0 Å². The molecule has 6 nitrogen and oxygen atoms in total. The molecule has 0 saturated carbocycles. The summed E-state index contributed by atoms with van der Waals surface area (Å²) in [4.78, 5) is 15.1. The molecule has 4 rings (SSSR count). The first-order chi connectivity index (χ1) is 13.1. The lowest BCUT2D eigenvalue weighted by Crippen LogP contribution is -2.37. The molecule has 1 N–H and O–H groups in total. The summed E-state index contributed by atoms with van der Waals surface area (Å²) in [5.74, 6) is 0.648. The largest absolute Gasteiger partial charge is 0.489 e. The molecule has 0 spiro atoms. The molecule has 27 heavy (non-hydrogen) atoms. The molecular weight excluding hydrogens is 340 g/mol. The second-order valence-electron chi connectivity index (χ2n) is 7.15. The zero-order chi connectivity index (χ0) is 18.8. The fraction of sp³-hybridized carbons (Fsp3) is 0.333. The molecule has 1 fully saturated rings. The number of aromatic nitrogens is 2. The third kappa shape index (κ3) is 3.80. The molecule has 0 radical (unpaired) electrons. The number of carbonyl (C=O) groups is 1. The van der Waals surface area contributed by atoms with Gasteiger partial charge in [-0.1, -0.05) is 30.3 Å². The number of hydrogen-bond acceptors (Lipinski definition) is 4. The number of aryl methyl sites for hydroxylation is 1. The molecular formula is C21H24N4O2. The number of likely N-dealkylation sites (tertiary alicyclic amines) is 1. The van der Waals surface area contributed by atoms with Crippen LogP contribution in [-0.2, 0) is 13.7 Å². The zero-order valence-corrected chi connectivity index (χ0v) is 15.7. The van der Waals surface area contributed by atoms with Crippen LogP contribution in [0.25, 0.3) is 10.9 Å². The molecule has 1 amide bonds. The van der Waals surface area contributed by atoms with Crippen LogP contribution in [0.1, 0.15) is 22.5 Å². The lowest BCUT2D eigenvalue weighted by Gasteiger charge is -2.13. The molecule has 3 aromatic rings. The molecule has 1 unspecified atom stereocenters. The first kappa shape index (κ1) is 17.5. The van der Waals surface area contributed by atoms with E-state index in [-0.39, 0.29) is 11.9 Å². The zero-order valence-electron chi connectivity index (χ0n) is 15.7. The van der Waals surface area contributed by atoms with Gasteiger partial charge in [-0.25, -0.2) is 0 Å². The van der Waals surface area contributed by atoms with Gasteiger partial charge >= 0.3 is 0 Å². The minimum absolute atomic E-state index is 0.0829. The summed E-state index contributed by atoms with van der Waals surface area (Å²) in [5, 5.41) is 8.42. The fourth-order valence-electron chi connectivity index (χ4n) is 3.58. The number of rotatable bonds is 5. The van der Waals surface area contributed by atoms with E-state index in [0.717, 1.165) is 41.7 Å². The lowest BCUT2D eigenvalue weighted by atomic mass is 10.1. The van der Waals surface area contributed by atoms with Crippen LogP contribution in [0.15, 0.2) is 48.5 Å². The number of likely N-dealkylation sites (N-methyl/N-ethyl adjacent to an activating group) is 1. The number of hydrogen-bond donors (Lipinski definition) is 1. The Balaban J connectivity index is 1.55. The number of nitrogens with one attached hydrogen (secondary N) is 1. The van der Waals surface area contributed by atoms with Gasteiger partial charge in [0.05, 0.1) is 5.52 Å². The highest BCUT2D eigenvalue weighted by molar-refractivity contribution is 6.05. The Morgan fingerprint density at radius 1 is 1.22 bits per heavy atom. The van der Waals surface area contributed by atoms with Crippen molar-refractivity contribution in [2.75, 3.05) is 20.1 Å². The maximum atomic E-state index is 12.9. The Morgan fingerprint density at radius 2 is 2.04 bits per heavy atom. The van der Waals surface area contributed by atoms with E-state index in [2.05, 4.69) is 22.4 Å². The molecule has 1 aliphatic heterocycles. The van der Waals surface area contributed by atoms with E-state index in [0.29, 0.717) is 12.3 Å². The summed E-state index contributed by atoms with van der Waals surface area (Å²) in [7, 11) is 3.88. The molecule has 6 heteroatoms. The lowest BCUT2D eigenvalue weighted by molar-refractivity contribution is 0.0930. The molecule has 0 aliphatic carbocycles. The van der Waals surface area contributed by atoms with Crippen molar-refractivity contribution in [3.05, 3.63) is 59.8 Å². The van der Waals surface area contributed by atoms with E-state index < -0.39 is 0 Å². The van der Waals surface area contributed by atoms with Crippen molar-refractivity contribution in [2.24, 2.45) is 7.05 Å². The monoisotopic (exact) mass is 364 g/mol. The predicted molar refractivity (Wildman–Crippen MR) is 105 cm³/mol. The van der Waals surface area contributed by atoms with Crippen LogP contribution in [0.4, 0.5) is 0 Å². The van der Waals surface area contributed by atoms with Gasteiger partial charge in [-0.2, -0.15) is 5.10 Å². The summed E-state index contributed by atoms with van der Waals surface area (Å²) in [6.07, 6.45) is 0.976. The van der Waals surface area contributed by atoms with E-state index in [1.54, 1.807) is 11.7 Å². The maximum Gasteiger partial charge on any atom is 0.270 e. The maximum absolute atomic E-state index is 12.9. The normalized spacial score (nSPS) is 17.3. The van der Waals surface area contributed by atoms with Gasteiger partial charge in [0.15, 0.2) is 0 Å². The van der Waals surface area contributed by atoms with E-state index in [9.17, 15) is 4.79 Å². The minimum atomic E-state index is -0.0829. The second-order valence-corrected chi connectivity index (χ2v) is 7.15. The van der Waals surface area contributed by atoms with Crippen molar-refractivity contribution in [2.45, 2.75) is 19.1 Å². The predicted octanol–water partition coefficient (Wildman–Crippen LogP) is 2.59. The number of amides is 1. The van der Waals surface area contributed by atoms with Crippen LogP contribution in [0.2, 0.25) is 0 Å². The first-order valence-electron chi connectivity index (χ1n) is 9.23. The Morgan fingerprint density at radius 3 is 2.78 bits per heavy atom. The number of ether oxygens (including phenoxy) is 1. The van der Waals surface area contributed by atoms with Gasteiger partial charge < -0.3 is 15.0 Å².